The fourth-order valence-corrected chi connectivity index (χ4v) is 4.08. The van der Waals surface area contributed by atoms with Crippen molar-refractivity contribution in [2.24, 2.45) is 11.8 Å². The molecule has 0 spiro atoms. The number of hydrogen-bond donors (Lipinski definition) is 1. The van der Waals surface area contributed by atoms with E-state index in [4.69, 9.17) is 0 Å². The van der Waals surface area contributed by atoms with Gasteiger partial charge in [-0.1, -0.05) is 11.8 Å². The number of aromatic nitrogens is 3. The van der Waals surface area contributed by atoms with Crippen molar-refractivity contribution >= 4 is 39.3 Å². The lowest BCUT2D eigenvalue weighted by Gasteiger charge is -2.18. The molecule has 0 radical (unpaired) electrons. The van der Waals surface area contributed by atoms with Gasteiger partial charge in [0.25, 0.3) is 0 Å². The van der Waals surface area contributed by atoms with Crippen molar-refractivity contribution in [2.75, 3.05) is 11.6 Å². The summed E-state index contributed by atoms with van der Waals surface area (Å²) < 4.78 is 2.17. The summed E-state index contributed by atoms with van der Waals surface area (Å²) in [7, 11) is 0. The van der Waals surface area contributed by atoms with Crippen LogP contribution in [0, 0.1) is 11.8 Å². The standard InChI is InChI=1S/C13H16N4S2/c1-18-13-17-12-10(19-13)11(14-6-15-12)16-9(7-2-3-7)8-4-5-8/h6-9H,2-5H2,1H3,(H,14,15,16). The molecule has 2 aliphatic carbocycles. The molecule has 2 aromatic rings. The first-order valence-electron chi connectivity index (χ1n) is 6.77. The first kappa shape index (κ1) is 11.9. The molecule has 0 bridgehead atoms. The summed E-state index contributed by atoms with van der Waals surface area (Å²) in [5.41, 5.74) is 0.831. The molecule has 2 fully saturated rings. The van der Waals surface area contributed by atoms with E-state index < -0.39 is 0 Å². The van der Waals surface area contributed by atoms with Crippen molar-refractivity contribution in [2.45, 2.75) is 36.1 Å². The highest BCUT2D eigenvalue weighted by atomic mass is 32.2. The highest BCUT2D eigenvalue weighted by molar-refractivity contribution is 8.00. The number of thiazole rings is 1. The van der Waals surface area contributed by atoms with Gasteiger partial charge in [-0.2, -0.15) is 0 Å². The predicted octanol–water partition coefficient (Wildman–Crippen LogP) is 3.41. The van der Waals surface area contributed by atoms with Crippen LogP contribution in [-0.4, -0.2) is 27.2 Å². The van der Waals surface area contributed by atoms with E-state index in [2.05, 4.69) is 26.5 Å². The first-order chi connectivity index (χ1) is 9.35. The van der Waals surface area contributed by atoms with Gasteiger partial charge >= 0.3 is 0 Å². The number of rotatable bonds is 5. The SMILES string of the molecule is CSc1nc2ncnc(NC(C3CC3)C3CC3)c2s1. The molecule has 19 heavy (non-hydrogen) atoms. The van der Waals surface area contributed by atoms with Crippen molar-refractivity contribution < 1.29 is 0 Å². The highest BCUT2D eigenvalue weighted by Gasteiger charge is 2.41. The van der Waals surface area contributed by atoms with Crippen LogP contribution in [0.15, 0.2) is 10.7 Å². The Bertz CT molecular complexity index is 592. The van der Waals surface area contributed by atoms with Crippen LogP contribution in [-0.2, 0) is 0 Å². The number of nitrogens with one attached hydrogen (secondary N) is 1. The van der Waals surface area contributed by atoms with Gasteiger partial charge in [0.05, 0.1) is 0 Å². The Morgan fingerprint density at radius 1 is 1.26 bits per heavy atom. The molecule has 2 aromatic heterocycles. The lowest BCUT2D eigenvalue weighted by atomic mass is 10.1. The third-order valence-electron chi connectivity index (χ3n) is 3.91. The maximum atomic E-state index is 4.51. The van der Waals surface area contributed by atoms with Crippen molar-refractivity contribution in [3.05, 3.63) is 6.33 Å². The highest BCUT2D eigenvalue weighted by Crippen LogP contribution is 2.46. The average Bonchev–Trinajstić information content (AvgIpc) is 3.33. The van der Waals surface area contributed by atoms with Gasteiger partial charge in [-0.15, -0.1) is 11.3 Å². The van der Waals surface area contributed by atoms with Gasteiger partial charge in [0.15, 0.2) is 9.99 Å². The Hall–Kier alpha value is -0.880. The minimum absolute atomic E-state index is 0.623. The largest absolute Gasteiger partial charge is 0.365 e. The number of nitrogens with zero attached hydrogens (tertiary/aromatic N) is 3. The van der Waals surface area contributed by atoms with Crippen LogP contribution in [0.4, 0.5) is 5.82 Å². The van der Waals surface area contributed by atoms with Crippen LogP contribution in [0.2, 0.25) is 0 Å². The molecule has 1 N–H and O–H groups in total. The molecule has 0 saturated heterocycles. The van der Waals surface area contributed by atoms with Crippen molar-refractivity contribution in [3.63, 3.8) is 0 Å². The Morgan fingerprint density at radius 3 is 2.63 bits per heavy atom. The minimum Gasteiger partial charge on any atom is -0.365 e. The van der Waals surface area contributed by atoms with Gasteiger partial charge in [-0.3, -0.25) is 0 Å². The van der Waals surface area contributed by atoms with E-state index in [1.807, 2.05) is 0 Å². The molecule has 2 aliphatic rings. The molecular weight excluding hydrogens is 276 g/mol. The molecule has 0 aromatic carbocycles. The fourth-order valence-electron chi connectivity index (χ4n) is 2.61. The van der Waals surface area contributed by atoms with Crippen LogP contribution in [0.5, 0.6) is 0 Å². The fraction of sp³-hybridized carbons (Fsp3) is 0.615. The van der Waals surface area contributed by atoms with Crippen LogP contribution in [0.3, 0.4) is 0 Å². The lowest BCUT2D eigenvalue weighted by molar-refractivity contribution is 0.566. The van der Waals surface area contributed by atoms with E-state index >= 15 is 0 Å². The Labute approximate surface area is 120 Å². The maximum Gasteiger partial charge on any atom is 0.176 e. The Morgan fingerprint density at radius 2 is 2.00 bits per heavy atom. The van der Waals surface area contributed by atoms with Gasteiger partial charge in [-0.05, 0) is 43.8 Å². The summed E-state index contributed by atoms with van der Waals surface area (Å²) in [4.78, 5) is 13.2. The molecule has 2 heterocycles. The monoisotopic (exact) mass is 292 g/mol. The zero-order chi connectivity index (χ0) is 12.8. The smallest absolute Gasteiger partial charge is 0.176 e. The molecular formula is C13H16N4S2. The summed E-state index contributed by atoms with van der Waals surface area (Å²) >= 11 is 3.37. The summed E-state index contributed by atoms with van der Waals surface area (Å²) in [5.74, 6) is 2.72. The molecule has 4 rings (SSSR count). The Balaban J connectivity index is 1.67. The molecule has 0 aliphatic heterocycles. The normalized spacial score (nSPS) is 19.3. The van der Waals surface area contributed by atoms with Gasteiger partial charge in [0.2, 0.25) is 0 Å². The molecule has 0 unspecified atom stereocenters. The number of fused-ring (bicyclic) bond motifs is 1. The Kier molecular flexibility index (Phi) is 2.88. The average molecular weight is 292 g/mol. The van der Waals surface area contributed by atoms with E-state index in [1.54, 1.807) is 29.4 Å². The summed E-state index contributed by atoms with van der Waals surface area (Å²) in [6.45, 7) is 0. The summed E-state index contributed by atoms with van der Waals surface area (Å²) in [6, 6.07) is 0.623. The first-order valence-corrected chi connectivity index (χ1v) is 8.81. The quantitative estimate of drug-likeness (QED) is 0.856. The van der Waals surface area contributed by atoms with Gasteiger partial charge in [0.1, 0.15) is 16.8 Å². The van der Waals surface area contributed by atoms with Crippen LogP contribution < -0.4 is 5.32 Å². The summed E-state index contributed by atoms with van der Waals surface area (Å²) in [6.07, 6.45) is 9.19. The van der Waals surface area contributed by atoms with E-state index in [9.17, 15) is 0 Å². The van der Waals surface area contributed by atoms with E-state index in [1.165, 1.54) is 25.7 Å². The zero-order valence-corrected chi connectivity index (χ0v) is 12.4. The maximum absolute atomic E-state index is 4.51. The third kappa shape index (κ3) is 2.31. The van der Waals surface area contributed by atoms with Gasteiger partial charge in [0, 0.05) is 6.04 Å². The van der Waals surface area contributed by atoms with Crippen LogP contribution in [0.1, 0.15) is 25.7 Å². The number of anilines is 1. The van der Waals surface area contributed by atoms with Crippen LogP contribution in [0.25, 0.3) is 10.3 Å². The topological polar surface area (TPSA) is 50.7 Å². The number of hydrogen-bond acceptors (Lipinski definition) is 6. The van der Waals surface area contributed by atoms with E-state index in [0.717, 1.165) is 32.3 Å². The second-order valence-corrected chi connectivity index (χ2v) is 7.46. The molecule has 2 saturated carbocycles. The van der Waals surface area contributed by atoms with E-state index in [-0.39, 0.29) is 0 Å². The predicted molar refractivity (Wildman–Crippen MR) is 79.8 cm³/mol. The van der Waals surface area contributed by atoms with Crippen molar-refractivity contribution in [1.29, 1.82) is 0 Å². The lowest BCUT2D eigenvalue weighted by Crippen LogP contribution is -2.24. The molecule has 0 amide bonds. The second-order valence-electron chi connectivity index (χ2n) is 5.40. The van der Waals surface area contributed by atoms with E-state index in [0.29, 0.717) is 6.04 Å². The van der Waals surface area contributed by atoms with Gasteiger partial charge < -0.3 is 5.32 Å². The van der Waals surface area contributed by atoms with Gasteiger partial charge in [-0.25, -0.2) is 15.0 Å². The van der Waals surface area contributed by atoms with Crippen LogP contribution >= 0.6 is 23.1 Å². The molecule has 4 nitrogen and oxygen atoms in total. The summed E-state index contributed by atoms with van der Waals surface area (Å²) in [5, 5.41) is 3.69. The van der Waals surface area contributed by atoms with Crippen molar-refractivity contribution in [3.8, 4) is 0 Å². The minimum atomic E-state index is 0.623. The second kappa shape index (κ2) is 4.59. The third-order valence-corrected chi connectivity index (χ3v) is 5.95. The molecule has 6 heteroatoms. The number of thioether (sulfide) groups is 1. The molecule has 100 valence electrons. The van der Waals surface area contributed by atoms with Crippen molar-refractivity contribution in [1.82, 2.24) is 15.0 Å². The zero-order valence-electron chi connectivity index (χ0n) is 10.8. The molecule has 0 atom stereocenters.